The molecule has 0 saturated carbocycles. The molecule has 2 nitrogen and oxygen atoms in total. The van der Waals surface area contributed by atoms with Gasteiger partial charge in [0, 0.05) is 18.8 Å². The summed E-state index contributed by atoms with van der Waals surface area (Å²) < 4.78 is 5.79. The van der Waals surface area contributed by atoms with Gasteiger partial charge < -0.3 is 4.74 Å². The van der Waals surface area contributed by atoms with Crippen molar-refractivity contribution in [1.29, 1.82) is 0 Å². The van der Waals surface area contributed by atoms with Gasteiger partial charge >= 0.3 is 0 Å². The molecule has 0 fully saturated rings. The lowest BCUT2D eigenvalue weighted by molar-refractivity contribution is 0.322. The highest BCUT2D eigenvalue weighted by atomic mass is 16.5. The predicted molar refractivity (Wildman–Crippen MR) is 77.4 cm³/mol. The first-order chi connectivity index (χ1) is 9.42. The van der Waals surface area contributed by atoms with Gasteiger partial charge in [0.2, 0.25) is 0 Å². The molecule has 2 heteroatoms. The van der Waals surface area contributed by atoms with Crippen molar-refractivity contribution >= 4 is 10.8 Å². The summed E-state index contributed by atoms with van der Waals surface area (Å²) in [6, 6.07) is 18.5. The minimum absolute atomic E-state index is 0.671. The quantitative estimate of drug-likeness (QED) is 0.700. The van der Waals surface area contributed by atoms with E-state index in [1.54, 1.807) is 6.20 Å². The molecule has 0 aliphatic heterocycles. The molecule has 0 unspecified atom stereocenters. The van der Waals surface area contributed by atoms with Gasteiger partial charge in [-0.3, -0.25) is 4.98 Å². The fraction of sp³-hybridized carbons (Fsp3) is 0.118. The third kappa shape index (κ3) is 2.91. The third-order valence-electron chi connectivity index (χ3n) is 3.10. The Kier molecular flexibility index (Phi) is 3.41. The molecular formula is C17H15NO. The van der Waals surface area contributed by atoms with Crippen LogP contribution in [0.15, 0.2) is 67.0 Å². The molecule has 0 aliphatic carbocycles. The Labute approximate surface area is 112 Å². The molecule has 0 amide bonds. The number of hydrogen-bond acceptors (Lipinski definition) is 2. The van der Waals surface area contributed by atoms with E-state index in [4.69, 9.17) is 4.74 Å². The van der Waals surface area contributed by atoms with Crippen LogP contribution in [0.3, 0.4) is 0 Å². The van der Waals surface area contributed by atoms with E-state index in [1.807, 2.05) is 30.5 Å². The Hall–Kier alpha value is -2.35. The first kappa shape index (κ1) is 11.7. The van der Waals surface area contributed by atoms with Gasteiger partial charge in [-0.15, -0.1) is 0 Å². The fourth-order valence-corrected chi connectivity index (χ4v) is 2.09. The van der Waals surface area contributed by atoms with Crippen LogP contribution in [0, 0.1) is 0 Å². The lowest BCUT2D eigenvalue weighted by atomic mass is 10.1. The van der Waals surface area contributed by atoms with E-state index in [2.05, 4.69) is 35.3 Å². The summed E-state index contributed by atoms with van der Waals surface area (Å²) in [5, 5.41) is 2.45. The van der Waals surface area contributed by atoms with Gasteiger partial charge in [-0.1, -0.05) is 36.4 Å². The Balaban J connectivity index is 1.65. The molecule has 3 rings (SSSR count). The lowest BCUT2D eigenvalue weighted by Crippen LogP contribution is -2.01. The third-order valence-corrected chi connectivity index (χ3v) is 3.10. The van der Waals surface area contributed by atoms with E-state index in [0.717, 1.165) is 12.2 Å². The summed E-state index contributed by atoms with van der Waals surface area (Å²) in [6.07, 6.45) is 4.54. The first-order valence-electron chi connectivity index (χ1n) is 6.42. The molecule has 1 heterocycles. The van der Waals surface area contributed by atoms with Gasteiger partial charge in [0.25, 0.3) is 0 Å². The average Bonchev–Trinajstić information content (AvgIpc) is 2.48. The van der Waals surface area contributed by atoms with Crippen LogP contribution in [0.4, 0.5) is 0 Å². The van der Waals surface area contributed by atoms with Crippen LogP contribution in [-0.2, 0) is 6.42 Å². The van der Waals surface area contributed by atoms with Crippen LogP contribution in [-0.4, -0.2) is 11.6 Å². The van der Waals surface area contributed by atoms with Crippen molar-refractivity contribution in [3.05, 3.63) is 72.6 Å². The van der Waals surface area contributed by atoms with Crippen molar-refractivity contribution < 1.29 is 4.74 Å². The maximum atomic E-state index is 5.79. The van der Waals surface area contributed by atoms with Gasteiger partial charge in [-0.2, -0.15) is 0 Å². The zero-order valence-corrected chi connectivity index (χ0v) is 10.6. The van der Waals surface area contributed by atoms with Crippen molar-refractivity contribution in [2.45, 2.75) is 6.42 Å². The van der Waals surface area contributed by atoms with Crippen LogP contribution in [0.5, 0.6) is 5.75 Å². The monoisotopic (exact) mass is 249 g/mol. The van der Waals surface area contributed by atoms with Crippen LogP contribution in [0.2, 0.25) is 0 Å². The molecule has 0 aliphatic rings. The van der Waals surface area contributed by atoms with Crippen molar-refractivity contribution in [2.75, 3.05) is 6.61 Å². The SMILES string of the molecule is c1cncc(CCOc2ccc3ccccc3c2)c1. The van der Waals surface area contributed by atoms with E-state index in [-0.39, 0.29) is 0 Å². The summed E-state index contributed by atoms with van der Waals surface area (Å²) in [5.41, 5.74) is 1.20. The smallest absolute Gasteiger partial charge is 0.119 e. The average molecular weight is 249 g/mol. The molecule has 0 atom stereocenters. The number of rotatable bonds is 4. The second-order valence-corrected chi connectivity index (χ2v) is 4.47. The first-order valence-corrected chi connectivity index (χ1v) is 6.42. The number of aromatic nitrogens is 1. The molecule has 0 saturated heterocycles. The summed E-state index contributed by atoms with van der Waals surface area (Å²) in [5.74, 6) is 0.919. The highest BCUT2D eigenvalue weighted by Gasteiger charge is 1.98. The summed E-state index contributed by atoms with van der Waals surface area (Å²) in [7, 11) is 0. The molecular weight excluding hydrogens is 234 g/mol. The lowest BCUT2D eigenvalue weighted by Gasteiger charge is -2.07. The second-order valence-electron chi connectivity index (χ2n) is 4.47. The minimum Gasteiger partial charge on any atom is -0.493 e. The van der Waals surface area contributed by atoms with Crippen molar-refractivity contribution in [2.24, 2.45) is 0 Å². The van der Waals surface area contributed by atoms with Crippen molar-refractivity contribution in [1.82, 2.24) is 4.98 Å². The largest absolute Gasteiger partial charge is 0.493 e. The number of nitrogens with zero attached hydrogens (tertiary/aromatic N) is 1. The topological polar surface area (TPSA) is 22.1 Å². The molecule has 19 heavy (non-hydrogen) atoms. The van der Waals surface area contributed by atoms with Gasteiger partial charge in [-0.05, 0) is 34.5 Å². The minimum atomic E-state index is 0.671. The van der Waals surface area contributed by atoms with E-state index < -0.39 is 0 Å². The van der Waals surface area contributed by atoms with Gasteiger partial charge in [-0.25, -0.2) is 0 Å². The van der Waals surface area contributed by atoms with E-state index in [0.29, 0.717) is 6.61 Å². The number of fused-ring (bicyclic) bond motifs is 1. The standard InChI is InChI=1S/C17H15NO/c1-2-6-16-12-17(8-7-15(16)5-1)19-11-9-14-4-3-10-18-13-14/h1-8,10,12-13H,9,11H2. The highest BCUT2D eigenvalue weighted by molar-refractivity contribution is 5.83. The highest BCUT2D eigenvalue weighted by Crippen LogP contribution is 2.20. The zero-order chi connectivity index (χ0) is 12.9. The number of hydrogen-bond donors (Lipinski definition) is 0. The van der Waals surface area contributed by atoms with Gasteiger partial charge in [0.1, 0.15) is 5.75 Å². The Bertz CT molecular complexity index is 664. The van der Waals surface area contributed by atoms with Crippen LogP contribution >= 0.6 is 0 Å². The predicted octanol–water partition coefficient (Wildman–Crippen LogP) is 3.86. The van der Waals surface area contributed by atoms with Gasteiger partial charge in [0.05, 0.1) is 6.61 Å². The molecule has 0 spiro atoms. The van der Waals surface area contributed by atoms with E-state index in [9.17, 15) is 0 Å². The normalized spacial score (nSPS) is 10.5. The summed E-state index contributed by atoms with van der Waals surface area (Å²) in [6.45, 7) is 0.671. The van der Waals surface area contributed by atoms with Crippen LogP contribution < -0.4 is 4.74 Å². The molecule has 2 aromatic carbocycles. The Morgan fingerprint density at radius 3 is 2.63 bits per heavy atom. The van der Waals surface area contributed by atoms with Gasteiger partial charge in [0.15, 0.2) is 0 Å². The Morgan fingerprint density at radius 1 is 0.895 bits per heavy atom. The van der Waals surface area contributed by atoms with Crippen LogP contribution in [0.1, 0.15) is 5.56 Å². The number of ether oxygens (including phenoxy) is 1. The van der Waals surface area contributed by atoms with Crippen molar-refractivity contribution in [3.8, 4) is 5.75 Å². The second kappa shape index (κ2) is 5.53. The molecule has 0 bridgehead atoms. The van der Waals surface area contributed by atoms with Crippen LogP contribution in [0.25, 0.3) is 10.8 Å². The van der Waals surface area contributed by atoms with E-state index in [1.165, 1.54) is 16.3 Å². The molecule has 1 aromatic heterocycles. The Morgan fingerprint density at radius 2 is 1.79 bits per heavy atom. The number of benzene rings is 2. The van der Waals surface area contributed by atoms with E-state index >= 15 is 0 Å². The number of pyridine rings is 1. The molecule has 0 N–H and O–H groups in total. The molecule has 0 radical (unpaired) electrons. The zero-order valence-electron chi connectivity index (χ0n) is 10.6. The maximum Gasteiger partial charge on any atom is 0.119 e. The van der Waals surface area contributed by atoms with Crippen molar-refractivity contribution in [3.63, 3.8) is 0 Å². The maximum absolute atomic E-state index is 5.79. The summed E-state index contributed by atoms with van der Waals surface area (Å²) >= 11 is 0. The summed E-state index contributed by atoms with van der Waals surface area (Å²) in [4.78, 5) is 4.10. The molecule has 3 aromatic rings. The molecule has 94 valence electrons. The fourth-order valence-electron chi connectivity index (χ4n) is 2.09.